The number of rotatable bonds is 3. The third kappa shape index (κ3) is 3.41. The minimum Gasteiger partial charge on any atom is -0.491 e. The summed E-state index contributed by atoms with van der Waals surface area (Å²) in [5.74, 6) is 1.90. The third-order valence-corrected chi connectivity index (χ3v) is 4.06. The zero-order valence-electron chi connectivity index (χ0n) is 12.3. The van der Waals surface area contributed by atoms with Gasteiger partial charge in [-0.05, 0) is 68.1 Å². The van der Waals surface area contributed by atoms with Crippen LogP contribution in [0.2, 0.25) is 0 Å². The van der Waals surface area contributed by atoms with E-state index in [1.165, 1.54) is 11.1 Å². The fourth-order valence-corrected chi connectivity index (χ4v) is 3.06. The molecule has 0 N–H and O–H groups in total. The molecule has 3 heteroatoms. The van der Waals surface area contributed by atoms with Crippen LogP contribution in [0.4, 0.5) is 0 Å². The maximum Gasteiger partial charge on any atom is 0.124 e. The highest BCUT2D eigenvalue weighted by Gasteiger charge is 2.21. The van der Waals surface area contributed by atoms with Gasteiger partial charge in [0, 0.05) is 4.47 Å². The van der Waals surface area contributed by atoms with Crippen molar-refractivity contribution in [3.63, 3.8) is 0 Å². The van der Waals surface area contributed by atoms with E-state index in [-0.39, 0.29) is 12.2 Å². The lowest BCUT2D eigenvalue weighted by Gasteiger charge is -2.27. The summed E-state index contributed by atoms with van der Waals surface area (Å²) < 4.78 is 13.0. The van der Waals surface area contributed by atoms with Gasteiger partial charge in [-0.3, -0.25) is 0 Å². The molecule has 0 aliphatic carbocycles. The minimum atomic E-state index is 0.106. The first kappa shape index (κ1) is 14.5. The van der Waals surface area contributed by atoms with Crippen molar-refractivity contribution in [2.24, 2.45) is 0 Å². The second-order valence-corrected chi connectivity index (χ2v) is 6.55. The number of benzene rings is 2. The van der Waals surface area contributed by atoms with Gasteiger partial charge in [-0.1, -0.05) is 28.1 Å². The highest BCUT2D eigenvalue weighted by Crippen LogP contribution is 2.36. The van der Waals surface area contributed by atoms with Crippen LogP contribution in [0.15, 0.2) is 46.9 Å². The van der Waals surface area contributed by atoms with Crippen molar-refractivity contribution in [3.8, 4) is 11.5 Å². The van der Waals surface area contributed by atoms with Gasteiger partial charge in [-0.25, -0.2) is 0 Å². The van der Waals surface area contributed by atoms with Crippen molar-refractivity contribution in [1.29, 1.82) is 0 Å². The van der Waals surface area contributed by atoms with Gasteiger partial charge in [0.1, 0.15) is 17.6 Å². The average molecular weight is 347 g/mol. The van der Waals surface area contributed by atoms with E-state index in [0.29, 0.717) is 0 Å². The molecule has 1 aliphatic rings. The van der Waals surface area contributed by atoms with E-state index in [1.54, 1.807) is 0 Å². The lowest BCUT2D eigenvalue weighted by Crippen LogP contribution is -2.15. The van der Waals surface area contributed by atoms with Crippen molar-refractivity contribution >= 4 is 15.9 Å². The van der Waals surface area contributed by atoms with E-state index < -0.39 is 0 Å². The van der Waals surface area contributed by atoms with E-state index in [4.69, 9.17) is 9.47 Å². The number of aryl methyl sites for hydroxylation is 1. The molecule has 2 aromatic rings. The molecule has 0 spiro atoms. The molecule has 1 heterocycles. The van der Waals surface area contributed by atoms with Crippen LogP contribution in [0, 0.1) is 0 Å². The quantitative estimate of drug-likeness (QED) is 0.750. The summed E-state index contributed by atoms with van der Waals surface area (Å²) in [6, 6.07) is 14.4. The fraction of sp³-hybridized carbons (Fsp3) is 0.333. The Morgan fingerprint density at radius 2 is 2.05 bits per heavy atom. The van der Waals surface area contributed by atoms with Crippen molar-refractivity contribution < 1.29 is 9.47 Å². The van der Waals surface area contributed by atoms with E-state index in [1.807, 2.05) is 38.1 Å². The topological polar surface area (TPSA) is 18.5 Å². The molecule has 2 aromatic carbocycles. The molecular weight excluding hydrogens is 328 g/mol. The predicted molar refractivity (Wildman–Crippen MR) is 88.0 cm³/mol. The van der Waals surface area contributed by atoms with Gasteiger partial charge in [-0.15, -0.1) is 0 Å². The van der Waals surface area contributed by atoms with Crippen LogP contribution in [-0.2, 0) is 6.42 Å². The lowest BCUT2D eigenvalue weighted by atomic mass is 9.97. The number of ether oxygens (including phenoxy) is 2. The standard InChI is InChI=1S/C18H19BrO2/c1-12(2)20-16-5-3-4-13(11-16)17-8-6-14-10-15(19)7-9-18(14)21-17/h3-5,7,9-12,17H,6,8H2,1-2H3. The molecular formula is C18H19BrO2. The van der Waals surface area contributed by atoms with Crippen molar-refractivity contribution in [2.45, 2.75) is 38.9 Å². The number of hydrogen-bond acceptors (Lipinski definition) is 2. The first-order valence-corrected chi connectivity index (χ1v) is 8.13. The SMILES string of the molecule is CC(C)Oc1cccc(C2CCc3cc(Br)ccc3O2)c1. The largest absolute Gasteiger partial charge is 0.491 e. The second kappa shape index (κ2) is 6.10. The van der Waals surface area contributed by atoms with Gasteiger partial charge in [-0.2, -0.15) is 0 Å². The van der Waals surface area contributed by atoms with Crippen molar-refractivity contribution in [2.75, 3.05) is 0 Å². The Labute approximate surface area is 134 Å². The molecule has 110 valence electrons. The Morgan fingerprint density at radius 3 is 2.86 bits per heavy atom. The Hall–Kier alpha value is -1.48. The van der Waals surface area contributed by atoms with Crippen LogP contribution >= 0.6 is 15.9 Å². The molecule has 1 aliphatic heterocycles. The van der Waals surface area contributed by atoms with Gasteiger partial charge < -0.3 is 9.47 Å². The van der Waals surface area contributed by atoms with Crippen LogP contribution in [0.5, 0.6) is 11.5 Å². The normalized spacial score (nSPS) is 17.2. The Morgan fingerprint density at radius 1 is 1.19 bits per heavy atom. The van der Waals surface area contributed by atoms with Crippen LogP contribution < -0.4 is 9.47 Å². The molecule has 21 heavy (non-hydrogen) atoms. The molecule has 1 atom stereocenters. The van der Waals surface area contributed by atoms with Crippen LogP contribution in [0.1, 0.15) is 37.5 Å². The Balaban J connectivity index is 1.81. The van der Waals surface area contributed by atoms with E-state index >= 15 is 0 Å². The molecule has 0 aromatic heterocycles. The van der Waals surface area contributed by atoms with E-state index in [2.05, 4.69) is 34.1 Å². The van der Waals surface area contributed by atoms with E-state index in [9.17, 15) is 0 Å². The van der Waals surface area contributed by atoms with Crippen LogP contribution in [-0.4, -0.2) is 6.10 Å². The summed E-state index contributed by atoms with van der Waals surface area (Å²) in [5.41, 5.74) is 2.46. The molecule has 0 radical (unpaired) electrons. The maximum absolute atomic E-state index is 6.16. The molecule has 1 unspecified atom stereocenters. The molecule has 0 saturated heterocycles. The zero-order valence-corrected chi connectivity index (χ0v) is 13.9. The third-order valence-electron chi connectivity index (χ3n) is 3.57. The highest BCUT2D eigenvalue weighted by atomic mass is 79.9. The Bertz CT molecular complexity index is 637. The lowest BCUT2D eigenvalue weighted by molar-refractivity contribution is 0.175. The first-order chi connectivity index (χ1) is 10.1. The number of hydrogen-bond donors (Lipinski definition) is 0. The second-order valence-electron chi connectivity index (χ2n) is 5.64. The molecule has 0 saturated carbocycles. The fourth-order valence-electron chi connectivity index (χ4n) is 2.65. The first-order valence-electron chi connectivity index (χ1n) is 7.33. The molecule has 3 rings (SSSR count). The van der Waals surface area contributed by atoms with Crippen LogP contribution in [0.25, 0.3) is 0 Å². The van der Waals surface area contributed by atoms with Gasteiger partial charge >= 0.3 is 0 Å². The van der Waals surface area contributed by atoms with Gasteiger partial charge in [0.05, 0.1) is 6.10 Å². The average Bonchev–Trinajstić information content (AvgIpc) is 2.46. The van der Waals surface area contributed by atoms with Crippen LogP contribution in [0.3, 0.4) is 0 Å². The summed E-state index contributed by atoms with van der Waals surface area (Å²) in [4.78, 5) is 0. The summed E-state index contributed by atoms with van der Waals surface area (Å²) in [7, 11) is 0. The smallest absolute Gasteiger partial charge is 0.124 e. The summed E-state index contributed by atoms with van der Waals surface area (Å²) in [5, 5.41) is 0. The predicted octanol–water partition coefficient (Wildman–Crippen LogP) is 5.30. The number of fused-ring (bicyclic) bond motifs is 1. The highest BCUT2D eigenvalue weighted by molar-refractivity contribution is 9.10. The minimum absolute atomic E-state index is 0.106. The monoisotopic (exact) mass is 346 g/mol. The summed E-state index contributed by atoms with van der Waals surface area (Å²) in [6.45, 7) is 4.08. The molecule has 0 amide bonds. The summed E-state index contributed by atoms with van der Waals surface area (Å²) in [6.07, 6.45) is 2.32. The van der Waals surface area contributed by atoms with Gasteiger partial charge in [0.15, 0.2) is 0 Å². The zero-order chi connectivity index (χ0) is 14.8. The van der Waals surface area contributed by atoms with Crippen molar-refractivity contribution in [3.05, 3.63) is 58.1 Å². The number of halogens is 1. The van der Waals surface area contributed by atoms with E-state index in [0.717, 1.165) is 28.8 Å². The molecule has 0 bridgehead atoms. The van der Waals surface area contributed by atoms with Crippen molar-refractivity contribution in [1.82, 2.24) is 0 Å². The molecule has 2 nitrogen and oxygen atoms in total. The maximum atomic E-state index is 6.16. The molecule has 0 fully saturated rings. The summed E-state index contributed by atoms with van der Waals surface area (Å²) >= 11 is 3.51. The van der Waals surface area contributed by atoms with Gasteiger partial charge in [0.25, 0.3) is 0 Å². The van der Waals surface area contributed by atoms with Gasteiger partial charge in [0.2, 0.25) is 0 Å². The Kier molecular flexibility index (Phi) is 4.20.